The van der Waals surface area contributed by atoms with E-state index in [1.165, 1.54) is 19.0 Å². The van der Waals surface area contributed by atoms with Crippen LogP contribution in [0.1, 0.15) is 5.56 Å². The van der Waals surface area contributed by atoms with Gasteiger partial charge in [-0.1, -0.05) is 50.4 Å². The van der Waals surface area contributed by atoms with E-state index in [-0.39, 0.29) is 5.71 Å². The van der Waals surface area contributed by atoms with E-state index in [0.29, 0.717) is 15.6 Å². The molecule has 0 saturated carbocycles. The summed E-state index contributed by atoms with van der Waals surface area (Å²) in [6.07, 6.45) is -0.911. The maximum absolute atomic E-state index is 12.7. The molecule has 0 radical (unpaired) electrons. The van der Waals surface area contributed by atoms with Crippen molar-refractivity contribution in [1.29, 1.82) is 0 Å². The fourth-order valence-electron chi connectivity index (χ4n) is 2.52. The van der Waals surface area contributed by atoms with Crippen LogP contribution in [0, 0.1) is 0 Å². The topological polar surface area (TPSA) is 62.2 Å². The van der Waals surface area contributed by atoms with E-state index < -0.39 is 22.5 Å². The van der Waals surface area contributed by atoms with E-state index in [2.05, 4.69) is 21.1 Å². The minimum atomic E-state index is -1.36. The Morgan fingerprint density at radius 1 is 1.27 bits per heavy atom. The highest BCUT2D eigenvalue weighted by molar-refractivity contribution is 9.10. The Labute approximate surface area is 144 Å². The van der Waals surface area contributed by atoms with Crippen LogP contribution in [0.25, 0.3) is 0 Å². The zero-order chi connectivity index (χ0) is 16.2. The summed E-state index contributed by atoms with van der Waals surface area (Å²) in [7, 11) is 2.92. The first-order valence-corrected chi connectivity index (χ1v) is 7.77. The molecular formula is C13H10BrCl2N3O3. The van der Waals surface area contributed by atoms with E-state index in [1.54, 1.807) is 18.2 Å². The van der Waals surface area contributed by atoms with Crippen molar-refractivity contribution in [2.45, 2.75) is 10.6 Å². The van der Waals surface area contributed by atoms with Crippen LogP contribution in [0.15, 0.2) is 23.4 Å². The quantitative estimate of drug-likeness (QED) is 0.673. The molecule has 2 aliphatic rings. The molecule has 0 aliphatic carbocycles. The molecule has 0 aromatic heterocycles. The van der Waals surface area contributed by atoms with Crippen LogP contribution >= 0.6 is 39.1 Å². The predicted molar refractivity (Wildman–Crippen MR) is 85.5 cm³/mol. The molecule has 9 heteroatoms. The van der Waals surface area contributed by atoms with Crippen LogP contribution in [-0.4, -0.2) is 52.1 Å². The number of halogens is 3. The molecule has 1 saturated heterocycles. The van der Waals surface area contributed by atoms with E-state index in [0.717, 1.165) is 4.90 Å². The van der Waals surface area contributed by atoms with Crippen LogP contribution in [0.3, 0.4) is 0 Å². The van der Waals surface area contributed by atoms with Gasteiger partial charge in [-0.25, -0.2) is 4.79 Å². The van der Waals surface area contributed by atoms with Crippen LogP contribution in [0.5, 0.6) is 0 Å². The van der Waals surface area contributed by atoms with Gasteiger partial charge in [-0.3, -0.25) is 14.6 Å². The second kappa shape index (κ2) is 5.11. The number of hydrogen-bond donors (Lipinski definition) is 0. The molecule has 2 unspecified atom stereocenters. The molecule has 22 heavy (non-hydrogen) atoms. The Kier molecular flexibility index (Phi) is 3.62. The number of benzene rings is 1. The van der Waals surface area contributed by atoms with E-state index >= 15 is 0 Å². The van der Waals surface area contributed by atoms with Gasteiger partial charge in [-0.05, 0) is 12.1 Å². The Hall–Kier alpha value is -1.31. The summed E-state index contributed by atoms with van der Waals surface area (Å²) < 4.78 is -1.36. The summed E-state index contributed by atoms with van der Waals surface area (Å²) in [5.41, 5.74) is 0.638. The Morgan fingerprint density at radius 2 is 1.86 bits per heavy atom. The van der Waals surface area contributed by atoms with Crippen LogP contribution in [0.4, 0.5) is 4.79 Å². The zero-order valence-electron chi connectivity index (χ0n) is 11.5. The summed E-state index contributed by atoms with van der Waals surface area (Å²) in [5.74, 6) is -0.493. The molecule has 2 aliphatic heterocycles. The van der Waals surface area contributed by atoms with E-state index in [1.807, 2.05) is 0 Å². The van der Waals surface area contributed by atoms with Gasteiger partial charge in [-0.2, -0.15) is 0 Å². The molecule has 1 aromatic rings. The van der Waals surface area contributed by atoms with Crippen molar-refractivity contribution in [1.82, 2.24) is 9.80 Å². The molecule has 2 heterocycles. The lowest BCUT2D eigenvalue weighted by Crippen LogP contribution is -2.67. The number of rotatable bonds is 1. The molecule has 116 valence electrons. The highest BCUT2D eigenvalue weighted by Crippen LogP contribution is 2.43. The molecule has 6 nitrogen and oxygen atoms in total. The van der Waals surface area contributed by atoms with Crippen LogP contribution in [-0.2, 0) is 9.63 Å². The largest absolute Gasteiger partial charge is 0.367 e. The molecule has 0 bridgehead atoms. The van der Waals surface area contributed by atoms with Crippen molar-refractivity contribution in [2.24, 2.45) is 5.16 Å². The van der Waals surface area contributed by atoms with Crippen molar-refractivity contribution in [3.63, 3.8) is 0 Å². The normalized spacial score (nSPS) is 27.7. The maximum Gasteiger partial charge on any atom is 0.329 e. The van der Waals surface area contributed by atoms with Gasteiger partial charge in [0.15, 0.2) is 0 Å². The molecular weight excluding hydrogens is 397 g/mol. The van der Waals surface area contributed by atoms with Crippen LogP contribution in [0.2, 0.25) is 10.0 Å². The molecule has 1 fully saturated rings. The van der Waals surface area contributed by atoms with Gasteiger partial charge < -0.3 is 4.84 Å². The number of oxime groups is 1. The lowest BCUT2D eigenvalue weighted by atomic mass is 9.92. The Bertz CT molecular complexity index is 706. The third-order valence-corrected chi connectivity index (χ3v) is 5.42. The number of imide groups is 1. The van der Waals surface area contributed by atoms with Crippen molar-refractivity contribution in [2.75, 3.05) is 14.1 Å². The number of carbonyl (C=O) groups is 2. The first kappa shape index (κ1) is 15.6. The summed E-state index contributed by atoms with van der Waals surface area (Å²) in [4.78, 5) is 32.3. The molecule has 0 N–H and O–H groups in total. The smallest absolute Gasteiger partial charge is 0.329 e. The van der Waals surface area contributed by atoms with Crippen molar-refractivity contribution in [3.05, 3.63) is 33.8 Å². The van der Waals surface area contributed by atoms with Crippen molar-refractivity contribution in [3.8, 4) is 0 Å². The van der Waals surface area contributed by atoms with Crippen LogP contribution < -0.4 is 0 Å². The number of urea groups is 1. The summed E-state index contributed by atoms with van der Waals surface area (Å²) >= 11 is 15.8. The predicted octanol–water partition coefficient (Wildman–Crippen LogP) is 2.71. The minimum absolute atomic E-state index is 0.240. The highest BCUT2D eigenvalue weighted by atomic mass is 79.9. The molecule has 0 spiro atoms. The summed E-state index contributed by atoms with van der Waals surface area (Å²) in [6, 6.07) is 4.49. The number of hydrogen-bond acceptors (Lipinski definition) is 4. The molecule has 1 aromatic carbocycles. The molecule has 3 rings (SSSR count). The van der Waals surface area contributed by atoms with Gasteiger partial charge in [0.1, 0.15) is 5.71 Å². The SMILES string of the molecule is CN1C(=O)N(C)C2ON=C(c3c(Cl)cccc3Cl)C2(Br)C1=O. The second-order valence-corrected chi connectivity index (χ2v) is 7.03. The zero-order valence-corrected chi connectivity index (χ0v) is 14.6. The standard InChI is InChI=1S/C13H10BrCl2N3O3/c1-18-10(20)13(14)9(8-6(15)4-3-5-7(8)16)17-22-11(13)19(2)12(18)21/h3-5,11H,1-2H3. The van der Waals surface area contributed by atoms with Gasteiger partial charge in [0.05, 0.1) is 10.0 Å². The Morgan fingerprint density at radius 3 is 2.45 bits per heavy atom. The van der Waals surface area contributed by atoms with Gasteiger partial charge in [0.2, 0.25) is 10.6 Å². The van der Waals surface area contributed by atoms with Gasteiger partial charge in [-0.15, -0.1) is 0 Å². The van der Waals surface area contributed by atoms with Gasteiger partial charge >= 0.3 is 6.03 Å². The lowest BCUT2D eigenvalue weighted by Gasteiger charge is -2.41. The van der Waals surface area contributed by atoms with Crippen molar-refractivity contribution >= 4 is 56.8 Å². The van der Waals surface area contributed by atoms with Gasteiger partial charge in [0, 0.05) is 19.7 Å². The third kappa shape index (κ3) is 1.89. The van der Waals surface area contributed by atoms with E-state index in [4.69, 9.17) is 28.0 Å². The number of fused-ring (bicyclic) bond motifs is 1. The fourth-order valence-corrected chi connectivity index (χ4v) is 4.03. The molecule has 3 amide bonds. The average Bonchev–Trinajstić information content (AvgIpc) is 2.82. The number of alkyl halides is 1. The number of carbonyl (C=O) groups excluding carboxylic acids is 2. The van der Waals surface area contributed by atoms with E-state index in [9.17, 15) is 9.59 Å². The molecule has 2 atom stereocenters. The summed E-state index contributed by atoms with van der Waals surface area (Å²) in [5, 5.41) is 4.65. The number of amides is 3. The number of nitrogens with zero attached hydrogens (tertiary/aromatic N) is 3. The first-order valence-electron chi connectivity index (χ1n) is 6.22. The fraction of sp³-hybridized carbons (Fsp3) is 0.308. The lowest BCUT2D eigenvalue weighted by molar-refractivity contribution is -0.139. The monoisotopic (exact) mass is 405 g/mol. The highest BCUT2D eigenvalue weighted by Gasteiger charge is 2.63. The maximum atomic E-state index is 12.7. The average molecular weight is 407 g/mol. The Balaban J connectivity index is 2.17. The third-order valence-electron chi connectivity index (χ3n) is 3.68. The first-order chi connectivity index (χ1) is 10.3. The minimum Gasteiger partial charge on any atom is -0.367 e. The van der Waals surface area contributed by atoms with Gasteiger partial charge in [0.25, 0.3) is 5.91 Å². The van der Waals surface area contributed by atoms with Crippen molar-refractivity contribution < 1.29 is 14.4 Å². The summed E-state index contributed by atoms with van der Waals surface area (Å²) in [6.45, 7) is 0. The second-order valence-electron chi connectivity index (χ2n) is 4.96.